The predicted molar refractivity (Wildman–Crippen MR) is 97.1 cm³/mol. The smallest absolute Gasteiger partial charge is 0.255 e. The molecule has 1 unspecified atom stereocenters. The van der Waals surface area contributed by atoms with Gasteiger partial charge in [0, 0.05) is 50.0 Å². The number of rotatable bonds is 3. The first kappa shape index (κ1) is 15.7. The molecule has 1 aliphatic rings. The third-order valence-corrected chi connectivity index (χ3v) is 5.03. The molecule has 1 amide bonds. The van der Waals surface area contributed by atoms with Gasteiger partial charge in [0.1, 0.15) is 5.82 Å². The van der Waals surface area contributed by atoms with E-state index in [0.717, 1.165) is 36.5 Å². The summed E-state index contributed by atoms with van der Waals surface area (Å²) in [5.41, 5.74) is 2.82. The van der Waals surface area contributed by atoms with Gasteiger partial charge < -0.3 is 14.0 Å². The molecule has 0 N–H and O–H groups in total. The average Bonchev–Trinajstić information content (AvgIpc) is 3.28. The van der Waals surface area contributed by atoms with Gasteiger partial charge in [0.2, 0.25) is 0 Å². The van der Waals surface area contributed by atoms with Gasteiger partial charge in [0.15, 0.2) is 0 Å². The number of nitrogens with zero attached hydrogens (tertiary/aromatic N) is 4. The molecule has 1 aromatic carbocycles. The number of aromatic nitrogens is 3. The molecule has 0 bridgehead atoms. The molecule has 5 heteroatoms. The molecule has 2 aromatic heterocycles. The predicted octanol–water partition coefficient (Wildman–Crippen LogP) is 3.50. The molecule has 0 aliphatic carbocycles. The number of fused-ring (bicyclic) bond motifs is 1. The van der Waals surface area contributed by atoms with Crippen LogP contribution in [0.3, 0.4) is 0 Å². The van der Waals surface area contributed by atoms with Crippen LogP contribution in [0, 0.1) is 0 Å². The van der Waals surface area contributed by atoms with Crippen molar-refractivity contribution < 1.29 is 4.79 Å². The zero-order chi connectivity index (χ0) is 17.4. The Morgan fingerprint density at radius 1 is 1.16 bits per heavy atom. The van der Waals surface area contributed by atoms with Crippen LogP contribution < -0.4 is 0 Å². The zero-order valence-electron chi connectivity index (χ0n) is 14.6. The fraction of sp³-hybridized carbons (Fsp3) is 0.300. The van der Waals surface area contributed by atoms with E-state index in [1.165, 1.54) is 5.69 Å². The standard InChI is InChI=1S/C20H22N4O/c1-3-17-18-9-6-11-23(18)13-14-24(17)20(25)16-8-5-4-7-15(16)19-21-10-12-22(19)2/h4-12,17H,3,13-14H2,1-2H3. The molecule has 25 heavy (non-hydrogen) atoms. The first-order chi connectivity index (χ1) is 12.2. The van der Waals surface area contributed by atoms with E-state index >= 15 is 0 Å². The van der Waals surface area contributed by atoms with Crippen molar-refractivity contribution in [2.24, 2.45) is 7.05 Å². The number of amides is 1. The number of aryl methyl sites for hydroxylation is 1. The fourth-order valence-electron chi connectivity index (χ4n) is 3.78. The Balaban J connectivity index is 1.74. The molecule has 3 heterocycles. The van der Waals surface area contributed by atoms with Crippen molar-refractivity contribution in [3.8, 4) is 11.4 Å². The molecule has 0 spiro atoms. The lowest BCUT2D eigenvalue weighted by molar-refractivity contribution is 0.0618. The number of benzene rings is 1. The molecule has 128 valence electrons. The Morgan fingerprint density at radius 2 is 2.00 bits per heavy atom. The second-order valence-electron chi connectivity index (χ2n) is 6.46. The van der Waals surface area contributed by atoms with Crippen LogP contribution in [0.5, 0.6) is 0 Å². The Labute approximate surface area is 147 Å². The maximum atomic E-state index is 13.4. The zero-order valence-corrected chi connectivity index (χ0v) is 14.6. The molecule has 0 saturated carbocycles. The highest BCUT2D eigenvalue weighted by molar-refractivity contribution is 6.00. The highest BCUT2D eigenvalue weighted by Gasteiger charge is 2.31. The van der Waals surface area contributed by atoms with Crippen LogP contribution in [0.25, 0.3) is 11.4 Å². The van der Waals surface area contributed by atoms with Crippen LogP contribution in [0.4, 0.5) is 0 Å². The summed E-state index contributed by atoms with van der Waals surface area (Å²) in [5.74, 6) is 0.898. The van der Waals surface area contributed by atoms with Gasteiger partial charge in [-0.25, -0.2) is 4.98 Å². The maximum Gasteiger partial charge on any atom is 0.255 e. The quantitative estimate of drug-likeness (QED) is 0.736. The number of imidazole rings is 1. The van der Waals surface area contributed by atoms with Gasteiger partial charge in [-0.3, -0.25) is 4.79 Å². The van der Waals surface area contributed by atoms with Crippen LogP contribution >= 0.6 is 0 Å². The summed E-state index contributed by atoms with van der Waals surface area (Å²) in [6, 6.07) is 12.1. The van der Waals surface area contributed by atoms with E-state index in [1.54, 1.807) is 6.20 Å². The number of hydrogen-bond donors (Lipinski definition) is 0. The molecule has 3 aromatic rings. The third-order valence-electron chi connectivity index (χ3n) is 5.03. The van der Waals surface area contributed by atoms with Crippen molar-refractivity contribution in [3.05, 3.63) is 66.2 Å². The van der Waals surface area contributed by atoms with Gasteiger partial charge in [-0.15, -0.1) is 0 Å². The van der Waals surface area contributed by atoms with Crippen molar-refractivity contribution in [3.63, 3.8) is 0 Å². The fourth-order valence-corrected chi connectivity index (χ4v) is 3.78. The van der Waals surface area contributed by atoms with Crippen molar-refractivity contribution >= 4 is 5.91 Å². The van der Waals surface area contributed by atoms with E-state index in [-0.39, 0.29) is 11.9 Å². The Bertz CT molecular complexity index is 908. The summed E-state index contributed by atoms with van der Waals surface area (Å²) < 4.78 is 4.20. The highest BCUT2D eigenvalue weighted by Crippen LogP contribution is 2.32. The molecule has 1 atom stereocenters. The number of carbonyl (C=O) groups excluding carboxylic acids is 1. The van der Waals surface area contributed by atoms with Crippen molar-refractivity contribution in [1.82, 2.24) is 19.0 Å². The summed E-state index contributed by atoms with van der Waals surface area (Å²) in [6.45, 7) is 3.71. The lowest BCUT2D eigenvalue weighted by atomic mass is 10.0. The van der Waals surface area contributed by atoms with Gasteiger partial charge in [0.25, 0.3) is 5.91 Å². The molecular formula is C20H22N4O. The molecular weight excluding hydrogens is 312 g/mol. The molecule has 0 radical (unpaired) electrons. The highest BCUT2D eigenvalue weighted by atomic mass is 16.2. The van der Waals surface area contributed by atoms with Crippen LogP contribution in [0.15, 0.2) is 55.0 Å². The summed E-state index contributed by atoms with van der Waals surface area (Å²) in [7, 11) is 1.95. The van der Waals surface area contributed by atoms with Crippen LogP contribution in [-0.2, 0) is 13.6 Å². The molecule has 5 nitrogen and oxygen atoms in total. The third kappa shape index (κ3) is 2.56. The second-order valence-corrected chi connectivity index (χ2v) is 6.46. The lowest BCUT2D eigenvalue weighted by Crippen LogP contribution is -2.41. The van der Waals surface area contributed by atoms with E-state index in [0.29, 0.717) is 0 Å². The van der Waals surface area contributed by atoms with E-state index in [2.05, 4.69) is 34.8 Å². The van der Waals surface area contributed by atoms with Gasteiger partial charge in [-0.05, 0) is 24.6 Å². The monoisotopic (exact) mass is 334 g/mol. The Kier molecular flexibility index (Phi) is 3.92. The second kappa shape index (κ2) is 6.24. The Morgan fingerprint density at radius 3 is 2.76 bits per heavy atom. The Hall–Kier alpha value is -2.82. The SMILES string of the molecule is CCC1c2cccn2CCN1C(=O)c1ccccc1-c1nccn1C. The van der Waals surface area contributed by atoms with Crippen LogP contribution in [0.1, 0.15) is 35.4 Å². The van der Waals surface area contributed by atoms with E-state index in [9.17, 15) is 4.79 Å². The maximum absolute atomic E-state index is 13.4. The van der Waals surface area contributed by atoms with E-state index in [1.807, 2.05) is 47.0 Å². The van der Waals surface area contributed by atoms with Crippen molar-refractivity contribution in [1.29, 1.82) is 0 Å². The minimum atomic E-state index is 0.0814. The molecule has 0 fully saturated rings. The van der Waals surface area contributed by atoms with Crippen LogP contribution in [0.2, 0.25) is 0 Å². The van der Waals surface area contributed by atoms with E-state index in [4.69, 9.17) is 0 Å². The molecule has 0 saturated heterocycles. The largest absolute Gasteiger partial charge is 0.348 e. The summed E-state index contributed by atoms with van der Waals surface area (Å²) in [4.78, 5) is 19.8. The molecule has 1 aliphatic heterocycles. The van der Waals surface area contributed by atoms with Gasteiger partial charge in [-0.2, -0.15) is 0 Å². The topological polar surface area (TPSA) is 43.1 Å². The summed E-state index contributed by atoms with van der Waals surface area (Å²) >= 11 is 0. The van der Waals surface area contributed by atoms with E-state index < -0.39 is 0 Å². The molecule has 4 rings (SSSR count). The van der Waals surface area contributed by atoms with Crippen LogP contribution in [-0.4, -0.2) is 31.5 Å². The first-order valence-corrected chi connectivity index (χ1v) is 8.73. The van der Waals surface area contributed by atoms with Crippen molar-refractivity contribution in [2.45, 2.75) is 25.9 Å². The minimum absolute atomic E-state index is 0.0814. The number of hydrogen-bond acceptors (Lipinski definition) is 2. The van der Waals surface area contributed by atoms with Crippen molar-refractivity contribution in [2.75, 3.05) is 6.54 Å². The van der Waals surface area contributed by atoms with Gasteiger partial charge in [0.05, 0.1) is 11.6 Å². The summed E-state index contributed by atoms with van der Waals surface area (Å²) in [5, 5.41) is 0. The van der Waals surface area contributed by atoms with Gasteiger partial charge in [-0.1, -0.05) is 25.1 Å². The van der Waals surface area contributed by atoms with Gasteiger partial charge >= 0.3 is 0 Å². The average molecular weight is 334 g/mol. The lowest BCUT2D eigenvalue weighted by Gasteiger charge is -2.37. The minimum Gasteiger partial charge on any atom is -0.348 e. The normalized spacial score (nSPS) is 16.7. The summed E-state index contributed by atoms with van der Waals surface area (Å²) in [6.07, 6.45) is 6.67. The number of carbonyl (C=O) groups is 1. The first-order valence-electron chi connectivity index (χ1n) is 8.73.